The molecule has 5 aromatic rings. The normalized spacial score (nSPS) is 12.7. The van der Waals surface area contributed by atoms with Gasteiger partial charge in [-0.05, 0) is 37.1 Å². The third-order valence-corrected chi connectivity index (χ3v) is 14.0. The summed E-state index contributed by atoms with van der Waals surface area (Å²) in [7, 11) is -7.32. The van der Waals surface area contributed by atoms with Crippen LogP contribution in [0.5, 0.6) is 0 Å². The Balaban J connectivity index is 1.36. The predicted molar refractivity (Wildman–Crippen MR) is 215 cm³/mol. The maximum Gasteiger partial charge on any atom is 0.239 e. The molecule has 0 N–H and O–H groups in total. The molecular formula is C42H60N2O4S2. The molecule has 0 bridgehead atoms. The zero-order chi connectivity index (χ0) is 35.4. The van der Waals surface area contributed by atoms with Crippen LogP contribution in [0.15, 0.2) is 60.7 Å². The van der Waals surface area contributed by atoms with Gasteiger partial charge in [0.05, 0.1) is 33.6 Å². The van der Waals surface area contributed by atoms with Crippen LogP contribution < -0.4 is 0 Å². The highest BCUT2D eigenvalue weighted by molar-refractivity contribution is 7.90. The van der Waals surface area contributed by atoms with E-state index in [1.54, 1.807) is 0 Å². The van der Waals surface area contributed by atoms with Crippen LogP contribution in [-0.2, 0) is 20.0 Å². The van der Waals surface area contributed by atoms with Crippen LogP contribution in [0.3, 0.4) is 0 Å². The fraction of sp³-hybridized carbons (Fsp3) is 0.571. The number of rotatable bonds is 24. The Bertz CT molecular complexity index is 1890. The largest absolute Gasteiger partial charge is 0.239 e. The summed E-state index contributed by atoms with van der Waals surface area (Å²) in [5.74, 6) is 0.175. The van der Waals surface area contributed by atoms with E-state index in [-0.39, 0.29) is 11.5 Å². The quantitative estimate of drug-likeness (QED) is 0.0595. The number of unbranched alkanes of at least 4 members (excludes halogenated alkanes) is 18. The van der Waals surface area contributed by atoms with Crippen LogP contribution in [0.25, 0.3) is 43.6 Å². The molecule has 0 fully saturated rings. The summed E-state index contributed by atoms with van der Waals surface area (Å²) < 4.78 is 59.3. The van der Waals surface area contributed by atoms with Crippen molar-refractivity contribution in [3.05, 3.63) is 60.7 Å². The average Bonchev–Trinajstić information content (AvgIpc) is 3.62. The summed E-state index contributed by atoms with van der Waals surface area (Å²) in [6, 6.07) is 19.0. The third-order valence-electron chi connectivity index (χ3n) is 10.4. The maximum atomic E-state index is 14.1. The molecule has 0 unspecified atom stereocenters. The fourth-order valence-electron chi connectivity index (χ4n) is 7.69. The van der Waals surface area contributed by atoms with E-state index in [9.17, 15) is 16.8 Å². The first kappa shape index (κ1) is 38.4. The summed E-state index contributed by atoms with van der Waals surface area (Å²) >= 11 is 0. The second kappa shape index (κ2) is 18.6. The van der Waals surface area contributed by atoms with E-state index in [1.165, 1.54) is 85.0 Å². The molecule has 0 aliphatic carbocycles. The van der Waals surface area contributed by atoms with Crippen molar-refractivity contribution in [2.45, 2.75) is 142 Å². The molecule has 0 radical (unpaired) electrons. The van der Waals surface area contributed by atoms with Gasteiger partial charge < -0.3 is 0 Å². The van der Waals surface area contributed by atoms with Gasteiger partial charge >= 0.3 is 0 Å². The molecule has 274 valence electrons. The zero-order valence-corrected chi connectivity index (χ0v) is 32.3. The van der Waals surface area contributed by atoms with Gasteiger partial charge in [-0.2, -0.15) is 0 Å². The lowest BCUT2D eigenvalue weighted by Gasteiger charge is -2.11. The Hall–Kier alpha value is -2.84. The standard InChI is InChI=1S/C42H60N2O4S2/c1-3-5-7-9-11-13-15-17-19-25-31-49(45,46)43-39-29-23-21-27-35(39)37-34-42-38(33-41(37)43)36-28-22-24-30-40(36)44(42)50(47,48)32-26-20-18-16-14-12-10-8-6-4-2/h21-24,27-30,33-34H,3-20,25-26,31-32H2,1-2H3. The Labute approximate surface area is 301 Å². The average molecular weight is 721 g/mol. The summed E-state index contributed by atoms with van der Waals surface area (Å²) in [5.41, 5.74) is 2.51. The first-order chi connectivity index (χ1) is 24.3. The molecule has 3 aromatic carbocycles. The molecule has 0 saturated carbocycles. The SMILES string of the molecule is CCCCCCCCCCCCS(=O)(=O)n1c2ccccc2c2cc3c(cc21)c1ccccc1n3S(=O)(=O)CCCCCCCCCCCC. The molecule has 0 amide bonds. The Morgan fingerprint density at radius 3 is 1.02 bits per heavy atom. The van der Waals surface area contributed by atoms with E-state index < -0.39 is 20.0 Å². The maximum absolute atomic E-state index is 14.1. The highest BCUT2D eigenvalue weighted by Gasteiger charge is 2.25. The molecule has 0 aliphatic heterocycles. The van der Waals surface area contributed by atoms with E-state index in [0.717, 1.165) is 60.1 Å². The number of para-hydroxylation sites is 2. The van der Waals surface area contributed by atoms with Gasteiger partial charge in [0.25, 0.3) is 0 Å². The zero-order valence-electron chi connectivity index (χ0n) is 30.7. The van der Waals surface area contributed by atoms with Crippen LogP contribution in [0.2, 0.25) is 0 Å². The van der Waals surface area contributed by atoms with Gasteiger partial charge in [-0.15, -0.1) is 0 Å². The topological polar surface area (TPSA) is 78.1 Å². The van der Waals surface area contributed by atoms with Gasteiger partial charge in [0.15, 0.2) is 0 Å². The molecule has 6 nitrogen and oxygen atoms in total. The first-order valence-electron chi connectivity index (χ1n) is 19.7. The second-order valence-electron chi connectivity index (χ2n) is 14.4. The number of benzene rings is 3. The van der Waals surface area contributed by atoms with Gasteiger partial charge in [-0.1, -0.05) is 166 Å². The van der Waals surface area contributed by atoms with Crippen molar-refractivity contribution >= 4 is 63.7 Å². The van der Waals surface area contributed by atoms with E-state index in [4.69, 9.17) is 0 Å². The van der Waals surface area contributed by atoms with Crippen LogP contribution >= 0.6 is 0 Å². The monoisotopic (exact) mass is 720 g/mol. The molecule has 0 saturated heterocycles. The summed E-state index contributed by atoms with van der Waals surface area (Å²) in [6.45, 7) is 4.47. The number of hydrogen-bond acceptors (Lipinski definition) is 4. The Morgan fingerprint density at radius 2 is 0.680 bits per heavy atom. The highest BCUT2D eigenvalue weighted by atomic mass is 32.2. The van der Waals surface area contributed by atoms with E-state index in [1.807, 2.05) is 60.7 Å². The number of fused-ring (bicyclic) bond motifs is 6. The minimum absolute atomic E-state index is 0.0876. The lowest BCUT2D eigenvalue weighted by Crippen LogP contribution is -2.17. The molecule has 0 spiro atoms. The number of nitrogens with zero attached hydrogens (tertiary/aromatic N) is 2. The lowest BCUT2D eigenvalue weighted by molar-refractivity contribution is 0.556. The molecule has 5 rings (SSSR count). The second-order valence-corrected chi connectivity index (χ2v) is 18.3. The van der Waals surface area contributed by atoms with E-state index >= 15 is 0 Å². The number of hydrogen-bond donors (Lipinski definition) is 0. The van der Waals surface area contributed by atoms with Crippen molar-refractivity contribution in [3.8, 4) is 0 Å². The summed E-state index contributed by atoms with van der Waals surface area (Å²) in [4.78, 5) is 0. The van der Waals surface area contributed by atoms with Crippen molar-refractivity contribution < 1.29 is 16.8 Å². The van der Waals surface area contributed by atoms with Crippen molar-refractivity contribution in [2.75, 3.05) is 11.5 Å². The van der Waals surface area contributed by atoms with Crippen LogP contribution in [0.1, 0.15) is 142 Å². The molecule has 50 heavy (non-hydrogen) atoms. The minimum Gasteiger partial charge on any atom is -0.237 e. The van der Waals surface area contributed by atoms with E-state index in [2.05, 4.69) is 13.8 Å². The van der Waals surface area contributed by atoms with Gasteiger partial charge in [-0.25, -0.2) is 24.8 Å². The molecule has 2 aromatic heterocycles. The molecule has 2 heterocycles. The van der Waals surface area contributed by atoms with Gasteiger partial charge in [-0.3, -0.25) is 0 Å². The van der Waals surface area contributed by atoms with Crippen molar-refractivity contribution in [1.29, 1.82) is 0 Å². The lowest BCUT2D eigenvalue weighted by atomic mass is 10.1. The van der Waals surface area contributed by atoms with Crippen molar-refractivity contribution in [3.63, 3.8) is 0 Å². The van der Waals surface area contributed by atoms with E-state index in [0.29, 0.717) is 34.9 Å². The van der Waals surface area contributed by atoms with Crippen LogP contribution in [0.4, 0.5) is 0 Å². The van der Waals surface area contributed by atoms with Gasteiger partial charge in [0.2, 0.25) is 20.0 Å². The number of aromatic nitrogens is 2. The molecule has 0 aliphatic rings. The van der Waals surface area contributed by atoms with Crippen LogP contribution in [-0.4, -0.2) is 36.3 Å². The van der Waals surface area contributed by atoms with Crippen LogP contribution in [0, 0.1) is 0 Å². The highest BCUT2D eigenvalue weighted by Crippen LogP contribution is 2.38. The Morgan fingerprint density at radius 1 is 0.380 bits per heavy atom. The molecular weight excluding hydrogens is 661 g/mol. The smallest absolute Gasteiger partial charge is 0.237 e. The third kappa shape index (κ3) is 9.33. The van der Waals surface area contributed by atoms with Crippen molar-refractivity contribution in [1.82, 2.24) is 7.94 Å². The molecule has 8 heteroatoms. The fourth-order valence-corrected chi connectivity index (χ4v) is 11.0. The summed E-state index contributed by atoms with van der Waals surface area (Å²) in [6.07, 6.45) is 22.9. The molecule has 0 atom stereocenters. The minimum atomic E-state index is -3.66. The van der Waals surface area contributed by atoms with Gasteiger partial charge in [0, 0.05) is 21.5 Å². The summed E-state index contributed by atoms with van der Waals surface area (Å²) in [5, 5.41) is 3.16. The van der Waals surface area contributed by atoms with Crippen molar-refractivity contribution in [2.24, 2.45) is 0 Å². The first-order valence-corrected chi connectivity index (χ1v) is 22.9. The predicted octanol–water partition coefficient (Wildman–Crippen LogP) is 12.1. The van der Waals surface area contributed by atoms with Gasteiger partial charge in [0.1, 0.15) is 0 Å². The Kier molecular flexibility index (Phi) is 14.3.